The largest absolute Gasteiger partial charge is 0.362 e. The van der Waals surface area contributed by atoms with Crippen LogP contribution in [-0.4, -0.2) is 12.1 Å². The van der Waals surface area contributed by atoms with Crippen molar-refractivity contribution in [1.82, 2.24) is 0 Å². The van der Waals surface area contributed by atoms with Crippen molar-refractivity contribution in [3.8, 4) is 0 Å². The molecule has 1 heterocycles. The van der Waals surface area contributed by atoms with Gasteiger partial charge in [-0.3, -0.25) is 0 Å². The number of benzene rings is 1. The molecule has 108 valence electrons. The van der Waals surface area contributed by atoms with Crippen LogP contribution in [0.15, 0.2) is 30.9 Å². The molecule has 0 N–H and O–H groups in total. The summed E-state index contributed by atoms with van der Waals surface area (Å²) in [4.78, 5) is 2.67. The minimum absolute atomic E-state index is 0.397. The highest BCUT2D eigenvalue weighted by atomic mass is 15.2. The molecular formula is C19H27N. The monoisotopic (exact) mass is 269 g/mol. The topological polar surface area (TPSA) is 3.24 Å². The summed E-state index contributed by atoms with van der Waals surface area (Å²) in [6, 6.07) is 7.01. The Hall–Kier alpha value is -1.24. The third kappa shape index (κ3) is 2.17. The minimum Gasteiger partial charge on any atom is -0.362 e. The lowest BCUT2D eigenvalue weighted by molar-refractivity contribution is 0.238. The first-order valence-electron chi connectivity index (χ1n) is 8.15. The van der Waals surface area contributed by atoms with Crippen molar-refractivity contribution >= 4 is 5.69 Å². The van der Waals surface area contributed by atoms with Crippen molar-refractivity contribution in [3.63, 3.8) is 0 Å². The van der Waals surface area contributed by atoms with Crippen LogP contribution in [-0.2, 0) is 0 Å². The maximum Gasteiger partial charge on any atom is 0.0411 e. The van der Waals surface area contributed by atoms with Gasteiger partial charge in [0.2, 0.25) is 0 Å². The molecule has 1 heteroatoms. The molecule has 0 amide bonds. The number of hydrogen-bond donors (Lipinski definition) is 0. The van der Waals surface area contributed by atoms with Crippen LogP contribution in [0.5, 0.6) is 0 Å². The van der Waals surface area contributed by atoms with Crippen LogP contribution in [0.1, 0.15) is 62.5 Å². The van der Waals surface area contributed by atoms with Gasteiger partial charge in [0.15, 0.2) is 0 Å². The summed E-state index contributed by atoms with van der Waals surface area (Å²) in [5.41, 5.74) is 4.79. The molecule has 1 atom stereocenters. The van der Waals surface area contributed by atoms with E-state index in [1.165, 1.54) is 49.8 Å². The smallest absolute Gasteiger partial charge is 0.0411 e. The molecule has 0 saturated heterocycles. The molecule has 1 aromatic rings. The van der Waals surface area contributed by atoms with E-state index < -0.39 is 0 Å². The molecule has 1 fully saturated rings. The van der Waals surface area contributed by atoms with E-state index in [2.05, 4.69) is 49.6 Å². The van der Waals surface area contributed by atoms with Crippen molar-refractivity contribution < 1.29 is 0 Å². The van der Waals surface area contributed by atoms with Gasteiger partial charge in [-0.15, -0.1) is 6.58 Å². The number of aryl methyl sites for hydroxylation is 1. The van der Waals surface area contributed by atoms with Gasteiger partial charge in [-0.1, -0.05) is 50.0 Å². The number of anilines is 1. The summed E-state index contributed by atoms with van der Waals surface area (Å²) in [5.74, 6) is 0.684. The molecular weight excluding hydrogens is 242 g/mol. The van der Waals surface area contributed by atoms with Crippen molar-refractivity contribution in [2.75, 3.05) is 11.4 Å². The first kappa shape index (κ1) is 13.7. The molecule has 1 aliphatic heterocycles. The van der Waals surface area contributed by atoms with Gasteiger partial charge in [-0.05, 0) is 43.7 Å². The second kappa shape index (κ2) is 5.27. The Morgan fingerprint density at radius 2 is 2.05 bits per heavy atom. The molecule has 3 rings (SSSR count). The zero-order valence-electron chi connectivity index (χ0n) is 13.0. The Kier molecular flexibility index (Phi) is 3.62. The van der Waals surface area contributed by atoms with E-state index in [1.54, 1.807) is 5.56 Å². The van der Waals surface area contributed by atoms with E-state index in [4.69, 9.17) is 0 Å². The summed E-state index contributed by atoms with van der Waals surface area (Å²) < 4.78 is 0. The maximum atomic E-state index is 4.00. The highest BCUT2D eigenvalue weighted by Crippen LogP contribution is 2.49. The molecule has 20 heavy (non-hydrogen) atoms. The van der Waals surface area contributed by atoms with Gasteiger partial charge in [0.1, 0.15) is 0 Å². The van der Waals surface area contributed by atoms with Gasteiger partial charge in [0, 0.05) is 17.8 Å². The molecule has 1 aromatic carbocycles. The Bertz CT molecular complexity index is 496. The number of rotatable bonds is 2. The van der Waals surface area contributed by atoms with Gasteiger partial charge < -0.3 is 4.90 Å². The number of nitrogens with zero attached hydrogens (tertiary/aromatic N) is 1. The fourth-order valence-electron chi connectivity index (χ4n) is 4.47. The van der Waals surface area contributed by atoms with Crippen LogP contribution < -0.4 is 4.90 Å². The quantitative estimate of drug-likeness (QED) is 0.667. The van der Waals surface area contributed by atoms with Crippen LogP contribution in [0.3, 0.4) is 0 Å². The van der Waals surface area contributed by atoms with E-state index in [0.717, 1.165) is 6.54 Å². The Morgan fingerprint density at radius 1 is 1.30 bits per heavy atom. The fraction of sp³-hybridized carbons (Fsp3) is 0.579. The highest BCUT2D eigenvalue weighted by Gasteiger charge is 2.43. The van der Waals surface area contributed by atoms with Crippen molar-refractivity contribution in [2.24, 2.45) is 0 Å². The first-order chi connectivity index (χ1) is 9.66. The average Bonchev–Trinajstić information content (AvgIpc) is 2.45. The van der Waals surface area contributed by atoms with E-state index in [-0.39, 0.29) is 0 Å². The van der Waals surface area contributed by atoms with Gasteiger partial charge in [0.25, 0.3) is 0 Å². The maximum absolute atomic E-state index is 4.00. The lowest BCUT2D eigenvalue weighted by atomic mass is 9.70. The molecule has 1 spiro atoms. The van der Waals surface area contributed by atoms with Crippen LogP contribution in [0, 0.1) is 6.92 Å². The van der Waals surface area contributed by atoms with E-state index in [1.807, 2.05) is 0 Å². The van der Waals surface area contributed by atoms with Crippen LogP contribution in [0.4, 0.5) is 5.69 Å². The molecule has 0 radical (unpaired) electrons. The van der Waals surface area contributed by atoms with Gasteiger partial charge in [0.05, 0.1) is 0 Å². The van der Waals surface area contributed by atoms with Gasteiger partial charge in [-0.25, -0.2) is 0 Å². The Balaban J connectivity index is 2.07. The fourth-order valence-corrected chi connectivity index (χ4v) is 4.47. The summed E-state index contributed by atoms with van der Waals surface area (Å²) >= 11 is 0. The number of fused-ring (bicyclic) bond motifs is 1. The summed E-state index contributed by atoms with van der Waals surface area (Å²) in [6.45, 7) is 9.61. The average molecular weight is 269 g/mol. The molecule has 1 unspecified atom stereocenters. The molecule has 0 bridgehead atoms. The Labute approximate surface area is 123 Å². The standard InChI is InChI=1S/C19H27N/c1-4-12-20-18-9-8-15(2)13-17(18)16(3)14-19(20)10-6-5-7-11-19/h4,8-9,13,16H,1,5-7,10-12,14H2,2-3H3. The van der Waals surface area contributed by atoms with Gasteiger partial charge >= 0.3 is 0 Å². The predicted molar refractivity (Wildman–Crippen MR) is 87.6 cm³/mol. The third-order valence-electron chi connectivity index (χ3n) is 5.36. The minimum atomic E-state index is 0.397. The van der Waals surface area contributed by atoms with E-state index in [9.17, 15) is 0 Å². The SMILES string of the molecule is C=CCN1c2ccc(C)cc2C(C)CC12CCCCC2. The lowest BCUT2D eigenvalue weighted by Gasteiger charge is -2.53. The molecule has 1 aliphatic carbocycles. The predicted octanol–water partition coefficient (Wildman–Crippen LogP) is 5.20. The summed E-state index contributed by atoms with van der Waals surface area (Å²) in [5, 5.41) is 0. The second-order valence-corrected chi connectivity index (χ2v) is 6.85. The zero-order chi connectivity index (χ0) is 14.2. The first-order valence-corrected chi connectivity index (χ1v) is 8.15. The van der Waals surface area contributed by atoms with Crippen molar-refractivity contribution in [3.05, 3.63) is 42.0 Å². The van der Waals surface area contributed by atoms with E-state index in [0.29, 0.717) is 11.5 Å². The highest BCUT2D eigenvalue weighted by molar-refractivity contribution is 5.61. The van der Waals surface area contributed by atoms with Crippen molar-refractivity contribution in [2.45, 2.75) is 63.8 Å². The molecule has 1 nitrogen and oxygen atoms in total. The lowest BCUT2D eigenvalue weighted by Crippen LogP contribution is -2.53. The normalized spacial score (nSPS) is 24.5. The third-order valence-corrected chi connectivity index (χ3v) is 5.36. The van der Waals surface area contributed by atoms with Crippen LogP contribution in [0.2, 0.25) is 0 Å². The van der Waals surface area contributed by atoms with Crippen molar-refractivity contribution in [1.29, 1.82) is 0 Å². The Morgan fingerprint density at radius 3 is 2.75 bits per heavy atom. The van der Waals surface area contributed by atoms with Crippen LogP contribution >= 0.6 is 0 Å². The zero-order valence-corrected chi connectivity index (χ0v) is 13.0. The molecule has 1 saturated carbocycles. The molecule has 0 aromatic heterocycles. The van der Waals surface area contributed by atoms with E-state index >= 15 is 0 Å². The molecule has 2 aliphatic rings. The summed E-state index contributed by atoms with van der Waals surface area (Å²) in [7, 11) is 0. The number of hydrogen-bond acceptors (Lipinski definition) is 1. The summed E-state index contributed by atoms with van der Waals surface area (Å²) in [6.07, 6.45) is 10.3. The van der Waals surface area contributed by atoms with Crippen LogP contribution in [0.25, 0.3) is 0 Å². The second-order valence-electron chi connectivity index (χ2n) is 6.85. The van der Waals surface area contributed by atoms with Gasteiger partial charge in [-0.2, -0.15) is 0 Å².